The Hall–Kier alpha value is -3.54. The molecule has 0 aromatic heterocycles. The molecule has 150 valence electrons. The Morgan fingerprint density at radius 3 is 2.41 bits per heavy atom. The molecule has 29 heavy (non-hydrogen) atoms. The van der Waals surface area contributed by atoms with Crippen molar-refractivity contribution in [1.82, 2.24) is 10.6 Å². The van der Waals surface area contributed by atoms with Crippen molar-refractivity contribution in [2.24, 2.45) is 0 Å². The van der Waals surface area contributed by atoms with Gasteiger partial charge in [0.1, 0.15) is 5.75 Å². The van der Waals surface area contributed by atoms with Gasteiger partial charge in [-0.25, -0.2) is 0 Å². The van der Waals surface area contributed by atoms with Gasteiger partial charge in [0.25, 0.3) is 11.8 Å². The third-order valence-corrected chi connectivity index (χ3v) is 4.85. The van der Waals surface area contributed by atoms with Crippen LogP contribution >= 0.6 is 0 Å². The molecule has 3 N–H and O–H groups in total. The molecule has 0 aliphatic heterocycles. The summed E-state index contributed by atoms with van der Waals surface area (Å²) in [6.45, 7) is 1.94. The Morgan fingerprint density at radius 2 is 1.72 bits per heavy atom. The van der Waals surface area contributed by atoms with Gasteiger partial charge in [0.05, 0.1) is 6.04 Å². The second-order valence-corrected chi connectivity index (χ2v) is 7.28. The number of carbonyl (C=O) groups is 2. The van der Waals surface area contributed by atoms with Crippen molar-refractivity contribution in [3.63, 3.8) is 0 Å². The van der Waals surface area contributed by atoms with Crippen LogP contribution in [0.15, 0.2) is 72.0 Å². The molecule has 1 atom stereocenters. The van der Waals surface area contributed by atoms with Gasteiger partial charge in [0.2, 0.25) is 0 Å². The molecule has 0 saturated heterocycles. The maximum atomic E-state index is 12.6. The molecule has 0 fully saturated rings. The van der Waals surface area contributed by atoms with Crippen molar-refractivity contribution in [1.29, 1.82) is 0 Å². The van der Waals surface area contributed by atoms with E-state index in [0.717, 1.165) is 17.0 Å². The topological polar surface area (TPSA) is 81.7 Å². The van der Waals surface area contributed by atoms with Gasteiger partial charge in [0.15, 0.2) is 0 Å². The van der Waals surface area contributed by atoms with E-state index in [9.17, 15) is 14.7 Å². The minimum atomic E-state index is -0.228. The van der Waals surface area contributed by atoms with Crippen LogP contribution in [0.4, 0.5) is 5.69 Å². The molecule has 1 aliphatic carbocycles. The summed E-state index contributed by atoms with van der Waals surface area (Å²) in [5.41, 5.74) is 3.74. The Bertz CT molecular complexity index is 975. The van der Waals surface area contributed by atoms with Crippen LogP contribution in [0.2, 0.25) is 0 Å². The summed E-state index contributed by atoms with van der Waals surface area (Å²) in [4.78, 5) is 27.1. The number of phenolic OH excluding ortho intramolecular Hbond substituents is 1. The summed E-state index contributed by atoms with van der Waals surface area (Å²) < 4.78 is 0. The highest BCUT2D eigenvalue weighted by Crippen LogP contribution is 2.20. The molecule has 0 heterocycles. The van der Waals surface area contributed by atoms with Crippen LogP contribution in [0.1, 0.15) is 34.1 Å². The summed E-state index contributed by atoms with van der Waals surface area (Å²) in [6.07, 6.45) is 4.26. The van der Waals surface area contributed by atoms with Gasteiger partial charge in [-0.2, -0.15) is 0 Å². The zero-order chi connectivity index (χ0) is 21.0. The summed E-state index contributed by atoms with van der Waals surface area (Å²) in [5.74, 6) is -0.299. The van der Waals surface area contributed by atoms with E-state index in [0.29, 0.717) is 17.5 Å². The number of aromatic hydroxyl groups is 1. The van der Waals surface area contributed by atoms with Crippen molar-refractivity contribution in [2.75, 3.05) is 19.0 Å². The van der Waals surface area contributed by atoms with Gasteiger partial charge in [-0.3, -0.25) is 9.59 Å². The average Bonchev–Trinajstić information content (AvgIpc) is 2.71. The van der Waals surface area contributed by atoms with Gasteiger partial charge in [0, 0.05) is 43.0 Å². The summed E-state index contributed by atoms with van der Waals surface area (Å²) in [7, 11) is 3.85. The smallest absolute Gasteiger partial charge is 0.255 e. The Labute approximate surface area is 170 Å². The Balaban J connectivity index is 1.66. The molecule has 0 bridgehead atoms. The number of hydrogen-bond donors (Lipinski definition) is 3. The van der Waals surface area contributed by atoms with Crippen molar-refractivity contribution in [3.8, 4) is 5.75 Å². The summed E-state index contributed by atoms with van der Waals surface area (Å²) >= 11 is 0. The highest BCUT2D eigenvalue weighted by atomic mass is 16.3. The lowest BCUT2D eigenvalue weighted by molar-refractivity contribution is 0.0942. The molecule has 1 aliphatic rings. The van der Waals surface area contributed by atoms with Crippen LogP contribution in [-0.4, -0.2) is 37.1 Å². The first-order valence-electron chi connectivity index (χ1n) is 9.39. The predicted octanol–water partition coefficient (Wildman–Crippen LogP) is 3.22. The zero-order valence-electron chi connectivity index (χ0n) is 16.8. The van der Waals surface area contributed by atoms with Gasteiger partial charge in [-0.1, -0.05) is 17.7 Å². The van der Waals surface area contributed by atoms with Crippen LogP contribution < -0.4 is 15.5 Å². The number of hydrogen-bond acceptors (Lipinski definition) is 4. The minimum absolute atomic E-state index is 0.113. The lowest BCUT2D eigenvalue weighted by Crippen LogP contribution is -2.39. The molecule has 6 nitrogen and oxygen atoms in total. The van der Waals surface area contributed by atoms with Gasteiger partial charge in [-0.05, 0) is 55.5 Å². The molecule has 2 amide bonds. The Kier molecular flexibility index (Phi) is 6.02. The molecular weight excluding hydrogens is 366 g/mol. The number of phenols is 1. The fraction of sp³-hybridized carbons (Fsp3) is 0.217. The molecule has 2 aromatic rings. The molecule has 2 aromatic carbocycles. The maximum absolute atomic E-state index is 12.6. The first-order valence-corrected chi connectivity index (χ1v) is 9.39. The van der Waals surface area contributed by atoms with E-state index in [1.807, 2.05) is 56.3 Å². The maximum Gasteiger partial charge on any atom is 0.255 e. The number of allylic oxidation sites excluding steroid dienone is 2. The number of nitrogens with zero attached hydrogens (tertiary/aromatic N) is 1. The molecule has 0 spiro atoms. The second kappa shape index (κ2) is 8.65. The van der Waals surface area contributed by atoms with E-state index in [1.54, 1.807) is 18.2 Å². The van der Waals surface area contributed by atoms with Crippen LogP contribution in [0, 0.1) is 0 Å². The molecule has 1 unspecified atom stereocenters. The quantitative estimate of drug-likeness (QED) is 0.731. The monoisotopic (exact) mass is 391 g/mol. The van der Waals surface area contributed by atoms with E-state index >= 15 is 0 Å². The van der Waals surface area contributed by atoms with Gasteiger partial charge in [-0.15, -0.1) is 0 Å². The first kappa shape index (κ1) is 20.2. The van der Waals surface area contributed by atoms with E-state index in [4.69, 9.17) is 0 Å². The van der Waals surface area contributed by atoms with Crippen molar-refractivity contribution in [2.45, 2.75) is 19.4 Å². The number of amides is 2. The molecule has 6 heteroatoms. The van der Waals surface area contributed by atoms with Crippen LogP contribution in [0.25, 0.3) is 0 Å². The van der Waals surface area contributed by atoms with Crippen molar-refractivity contribution >= 4 is 17.5 Å². The normalized spacial score (nSPS) is 15.8. The number of rotatable bonds is 5. The number of carbonyl (C=O) groups excluding carboxylic acids is 2. The van der Waals surface area contributed by atoms with E-state index < -0.39 is 0 Å². The van der Waals surface area contributed by atoms with Crippen LogP contribution in [0.5, 0.6) is 5.75 Å². The third kappa shape index (κ3) is 5.04. The van der Waals surface area contributed by atoms with Crippen LogP contribution in [-0.2, 0) is 0 Å². The number of anilines is 1. The first-order chi connectivity index (χ1) is 13.8. The lowest BCUT2D eigenvalue weighted by Gasteiger charge is -2.24. The second-order valence-electron chi connectivity index (χ2n) is 7.28. The summed E-state index contributed by atoms with van der Waals surface area (Å²) in [5, 5.41) is 15.3. The van der Waals surface area contributed by atoms with E-state index in [1.165, 1.54) is 12.1 Å². The van der Waals surface area contributed by atoms with Crippen LogP contribution in [0.3, 0.4) is 0 Å². The minimum Gasteiger partial charge on any atom is -0.508 e. The molecule has 0 radical (unpaired) electrons. The van der Waals surface area contributed by atoms with Crippen molar-refractivity contribution < 1.29 is 14.7 Å². The van der Waals surface area contributed by atoms with E-state index in [-0.39, 0.29) is 23.6 Å². The highest BCUT2D eigenvalue weighted by molar-refractivity contribution is 5.96. The third-order valence-electron chi connectivity index (χ3n) is 4.85. The van der Waals surface area contributed by atoms with Gasteiger partial charge < -0.3 is 20.6 Å². The highest BCUT2D eigenvalue weighted by Gasteiger charge is 2.21. The number of nitrogens with one attached hydrogen (secondary N) is 2. The SMILES string of the molecule is CC1=CC=C(NC(=O)c2cccc(N(C)C)c2)CC1NC(=O)c1ccc(O)cc1. The molecule has 0 saturated carbocycles. The predicted molar refractivity (Wildman–Crippen MR) is 114 cm³/mol. The fourth-order valence-corrected chi connectivity index (χ4v) is 3.05. The molecule has 3 rings (SSSR count). The fourth-order valence-electron chi connectivity index (χ4n) is 3.05. The Morgan fingerprint density at radius 1 is 1.00 bits per heavy atom. The standard InChI is InChI=1S/C23H25N3O3/c1-15-7-10-18(24-23(29)17-5-4-6-19(13-17)26(2)3)14-21(15)25-22(28)16-8-11-20(27)12-9-16/h4-13,21,27H,14H2,1-3H3,(H,24,29)(H,25,28). The number of benzene rings is 2. The average molecular weight is 391 g/mol. The largest absolute Gasteiger partial charge is 0.508 e. The summed E-state index contributed by atoms with van der Waals surface area (Å²) in [6, 6.07) is 13.3. The van der Waals surface area contributed by atoms with E-state index in [2.05, 4.69) is 10.6 Å². The zero-order valence-corrected chi connectivity index (χ0v) is 16.8. The van der Waals surface area contributed by atoms with Crippen molar-refractivity contribution in [3.05, 3.63) is 83.1 Å². The lowest BCUT2D eigenvalue weighted by atomic mass is 9.97. The molecular formula is C23H25N3O3. The van der Waals surface area contributed by atoms with Gasteiger partial charge >= 0.3 is 0 Å².